The van der Waals surface area contributed by atoms with Crippen molar-refractivity contribution in [3.8, 4) is 0 Å². The van der Waals surface area contributed by atoms with Crippen molar-refractivity contribution in [3.05, 3.63) is 0 Å². The molecule has 0 spiro atoms. The van der Waals surface area contributed by atoms with Crippen molar-refractivity contribution in [2.45, 2.75) is 79.1 Å². The van der Waals surface area contributed by atoms with Gasteiger partial charge >= 0.3 is 0 Å². The molecule has 5 unspecified atom stereocenters. The molecule has 5 atom stereocenters. The maximum Gasteiger partial charge on any atom is 0.219 e. The molecule has 1 nitrogen and oxygen atoms in total. The molecule has 0 aliphatic heterocycles. The molecule has 0 saturated heterocycles. The van der Waals surface area contributed by atoms with E-state index in [1.54, 1.807) is 0 Å². The molecule has 0 amide bonds. The van der Waals surface area contributed by atoms with Crippen LogP contribution in [0.15, 0.2) is 0 Å². The molecule has 28 heavy (non-hydrogen) atoms. The normalized spacial score (nSPS) is 28.1. The maximum absolute atomic E-state index is 6.73. The van der Waals surface area contributed by atoms with Gasteiger partial charge in [-0.25, -0.2) is 0 Å². The van der Waals surface area contributed by atoms with Crippen LogP contribution in [0.3, 0.4) is 0 Å². The van der Waals surface area contributed by atoms with Crippen LogP contribution in [0.1, 0.15) is 61.8 Å². The van der Waals surface area contributed by atoms with Gasteiger partial charge in [-0.3, -0.25) is 0 Å². The Labute approximate surface area is 179 Å². The van der Waals surface area contributed by atoms with Crippen LogP contribution < -0.4 is 0 Å². The lowest BCUT2D eigenvalue weighted by molar-refractivity contribution is -0.0426. The average molecular weight is 443 g/mol. The van der Waals surface area contributed by atoms with E-state index in [-0.39, 0.29) is 22.7 Å². The van der Waals surface area contributed by atoms with Crippen LogP contribution >= 0.6 is 21.3 Å². The van der Waals surface area contributed by atoms with Gasteiger partial charge < -0.3 is 4.74 Å². The molecule has 1 aliphatic rings. The Morgan fingerprint density at radius 2 is 1.54 bits per heavy atom. The van der Waals surface area contributed by atoms with Crippen molar-refractivity contribution in [3.63, 3.8) is 0 Å². The van der Waals surface area contributed by atoms with Crippen LogP contribution in [0.2, 0.25) is 5.82 Å². The zero-order valence-corrected chi connectivity index (χ0v) is 22.8. The number of hydrogen-bond acceptors (Lipinski definition) is 1. The first kappa shape index (κ1) is 26.8. The second kappa shape index (κ2) is 9.95. The molecule has 0 N–H and O–H groups in total. The van der Waals surface area contributed by atoms with E-state index < -0.39 is 21.3 Å². The van der Waals surface area contributed by atoms with Gasteiger partial charge in [0.1, 0.15) is 13.4 Å². The Bertz CT molecular complexity index is 630. The summed E-state index contributed by atoms with van der Waals surface area (Å²) in [5, 5.41) is -0.182. The monoisotopic (exact) mass is 443 g/mol. The highest BCUT2D eigenvalue weighted by atomic mass is 31.2. The third-order valence-electron chi connectivity index (χ3n) is 7.91. The first-order valence-corrected chi connectivity index (χ1v) is 17.9. The average Bonchev–Trinajstić information content (AvgIpc) is 2.82. The van der Waals surface area contributed by atoms with Gasteiger partial charge in [0.05, 0.1) is 20.2 Å². The first-order valence-electron chi connectivity index (χ1n) is 11.1. The molecule has 0 bridgehead atoms. The summed E-state index contributed by atoms with van der Waals surface area (Å²) in [7, 11) is 5.93. The lowest BCUT2D eigenvalue weighted by Gasteiger charge is -2.33. The van der Waals surface area contributed by atoms with Crippen LogP contribution in [0.5, 0.6) is 0 Å². The number of hydrogen-bond donors (Lipinski definition) is 0. The Morgan fingerprint density at radius 3 is 1.93 bits per heavy atom. The van der Waals surface area contributed by atoms with Gasteiger partial charge in [0.2, 0.25) is 5.34 Å². The lowest BCUT2D eigenvalue weighted by Crippen LogP contribution is -2.32. The summed E-state index contributed by atoms with van der Waals surface area (Å²) in [6.07, 6.45) is 21.6. The molecule has 1 rings (SSSR count). The fourth-order valence-corrected chi connectivity index (χ4v) is 14.7. The minimum Gasteiger partial charge on any atom is -0.332 e. The molecular formula is C23H47BOP3+. The van der Waals surface area contributed by atoms with Crippen LogP contribution in [-0.2, 0) is 4.74 Å². The van der Waals surface area contributed by atoms with Gasteiger partial charge in [0, 0.05) is 13.8 Å². The van der Waals surface area contributed by atoms with Crippen molar-refractivity contribution in [2.75, 3.05) is 36.7 Å². The molecule has 162 valence electrons. The summed E-state index contributed by atoms with van der Waals surface area (Å²) in [6, 6.07) is 0. The van der Waals surface area contributed by atoms with Crippen molar-refractivity contribution in [2.24, 2.45) is 11.3 Å². The van der Waals surface area contributed by atoms with Crippen LogP contribution in [0.25, 0.3) is 0 Å². The Hall–Kier alpha value is 0.795. The van der Waals surface area contributed by atoms with Crippen molar-refractivity contribution >= 4 is 48.1 Å². The molecule has 1 saturated carbocycles. The molecule has 0 heterocycles. The number of rotatable bonds is 11. The molecule has 0 aromatic rings. The van der Waals surface area contributed by atoms with Gasteiger partial charge in [-0.15, -0.1) is 13.2 Å². The Balaban J connectivity index is 2.82. The largest absolute Gasteiger partial charge is 0.332 e. The van der Waals surface area contributed by atoms with Gasteiger partial charge in [0.25, 0.3) is 0 Å². The molecular weight excluding hydrogens is 396 g/mol. The predicted molar refractivity (Wildman–Crippen MR) is 144 cm³/mol. The minimum absolute atomic E-state index is 0.138. The Kier molecular flexibility index (Phi) is 9.53. The highest BCUT2D eigenvalue weighted by Gasteiger charge is 2.48. The van der Waals surface area contributed by atoms with Crippen LogP contribution in [0.4, 0.5) is 0 Å². The summed E-state index contributed by atoms with van der Waals surface area (Å²) in [6.45, 7) is 16.1. The summed E-state index contributed by atoms with van der Waals surface area (Å²) in [4.78, 5) is 0. The SMILES string of the molecule is [B]C1CC(OC(C)(C)[P+](=C)CP(=C)(CC)CCP(=C)(CC)CC)C(C)C1(C)C. The van der Waals surface area contributed by atoms with Crippen molar-refractivity contribution in [1.29, 1.82) is 0 Å². The molecule has 2 radical (unpaired) electrons. The van der Waals surface area contributed by atoms with Crippen LogP contribution in [-0.4, -0.2) is 74.9 Å². The first-order chi connectivity index (χ1) is 12.7. The van der Waals surface area contributed by atoms with E-state index in [4.69, 9.17) is 18.9 Å². The summed E-state index contributed by atoms with van der Waals surface area (Å²) in [5.74, 6) is 1.86. The van der Waals surface area contributed by atoms with E-state index in [2.05, 4.69) is 68.0 Å². The molecule has 1 fully saturated rings. The number of ether oxygens (including phenoxy) is 1. The van der Waals surface area contributed by atoms with Gasteiger partial charge in [0.15, 0.2) is 0 Å². The van der Waals surface area contributed by atoms with Gasteiger partial charge in [-0.1, -0.05) is 60.5 Å². The van der Waals surface area contributed by atoms with Gasteiger partial charge in [-0.2, -0.15) is 0 Å². The smallest absolute Gasteiger partial charge is 0.219 e. The van der Waals surface area contributed by atoms with E-state index in [1.807, 2.05) is 0 Å². The second-order valence-corrected chi connectivity index (χ2v) is 21.8. The highest BCUT2D eigenvalue weighted by molar-refractivity contribution is 7.84. The summed E-state index contributed by atoms with van der Waals surface area (Å²) < 4.78 is 6.73. The van der Waals surface area contributed by atoms with E-state index in [9.17, 15) is 0 Å². The zero-order valence-electron chi connectivity index (χ0n) is 20.1. The summed E-state index contributed by atoms with van der Waals surface area (Å²) in [5.41, 5.74) is 0.138. The lowest BCUT2D eigenvalue weighted by atomic mass is 9.67. The molecule has 0 aromatic carbocycles. The summed E-state index contributed by atoms with van der Waals surface area (Å²) >= 11 is 0. The third-order valence-corrected chi connectivity index (χ3v) is 20.0. The quantitative estimate of drug-likeness (QED) is 0.248. The van der Waals surface area contributed by atoms with E-state index in [1.165, 1.54) is 36.7 Å². The van der Waals surface area contributed by atoms with Gasteiger partial charge in [-0.05, 0) is 48.6 Å². The predicted octanol–water partition coefficient (Wildman–Crippen LogP) is 6.96. The third kappa shape index (κ3) is 6.40. The second-order valence-electron chi connectivity index (χ2n) is 10.3. The van der Waals surface area contributed by atoms with Crippen molar-refractivity contribution in [1.82, 2.24) is 0 Å². The molecule has 0 aromatic heterocycles. The molecule has 5 heteroatoms. The van der Waals surface area contributed by atoms with Crippen molar-refractivity contribution < 1.29 is 4.74 Å². The fraction of sp³-hybridized carbons (Fsp3) is 0.870. The van der Waals surface area contributed by atoms with E-state index in [0.717, 1.165) is 6.42 Å². The maximum atomic E-state index is 6.73. The van der Waals surface area contributed by atoms with E-state index in [0.29, 0.717) is 5.92 Å². The zero-order chi connectivity index (χ0) is 22.0. The highest BCUT2D eigenvalue weighted by Crippen LogP contribution is 2.60. The minimum atomic E-state index is -1.22. The van der Waals surface area contributed by atoms with Crippen LogP contribution in [0, 0.1) is 11.3 Å². The molecule has 1 aliphatic carbocycles. The Morgan fingerprint density at radius 1 is 1.07 bits per heavy atom. The standard InChI is InChI=1S/C23H47BOP3/c1-12-27(10,13-2)15-16-28(11,14-3)18-26(9)23(7,8)25-20-17-21(24)22(5,6)19(20)4/h19-21H,9-18H2,1-8H3/q+1. The van der Waals surface area contributed by atoms with E-state index >= 15 is 0 Å². The topological polar surface area (TPSA) is 9.23 Å². The fourth-order valence-electron chi connectivity index (χ4n) is 4.00.